The van der Waals surface area contributed by atoms with Crippen LogP contribution in [0.2, 0.25) is 0 Å². The van der Waals surface area contributed by atoms with Gasteiger partial charge in [0.15, 0.2) is 11.4 Å². The second-order valence-electron chi connectivity index (χ2n) is 3.90. The smallest absolute Gasteiger partial charge is 0.339 e. The van der Waals surface area contributed by atoms with Crippen LogP contribution in [0.1, 0.15) is 27.8 Å². The second-order valence-corrected chi connectivity index (χ2v) is 3.90. The maximum absolute atomic E-state index is 11.5. The molecule has 2 aromatic rings. The van der Waals surface area contributed by atoms with E-state index < -0.39 is 5.97 Å². The van der Waals surface area contributed by atoms with Gasteiger partial charge in [0.2, 0.25) is 5.88 Å². The minimum atomic E-state index is -1.14. The summed E-state index contributed by atoms with van der Waals surface area (Å²) in [6, 6.07) is 4.18. The number of pyridine rings is 1. The van der Waals surface area contributed by atoms with Gasteiger partial charge in [0, 0.05) is 18.8 Å². The van der Waals surface area contributed by atoms with Crippen LogP contribution >= 0.6 is 0 Å². The van der Waals surface area contributed by atoms with Crippen molar-refractivity contribution in [3.05, 3.63) is 41.9 Å². The molecule has 8 heteroatoms. The standard InChI is InChI=1S/C13H12N4O4/c1-2-15-12(18)9-3-4-11(17-16-9)21-10-7-14-6-5-8(10)13(19)20/h3-7H,2H2,1H3,(H,15,18)(H,19,20). The lowest BCUT2D eigenvalue weighted by atomic mass is 10.2. The molecule has 21 heavy (non-hydrogen) atoms. The fourth-order valence-electron chi connectivity index (χ4n) is 1.50. The van der Waals surface area contributed by atoms with E-state index in [1.807, 2.05) is 0 Å². The number of hydrogen-bond acceptors (Lipinski definition) is 6. The van der Waals surface area contributed by atoms with Gasteiger partial charge in [0.25, 0.3) is 5.91 Å². The molecule has 0 fully saturated rings. The summed E-state index contributed by atoms with van der Waals surface area (Å²) in [5, 5.41) is 19.0. The minimum absolute atomic E-state index is 0.0420. The summed E-state index contributed by atoms with van der Waals surface area (Å²) in [6.07, 6.45) is 2.61. The van der Waals surface area contributed by atoms with E-state index in [4.69, 9.17) is 9.84 Å². The van der Waals surface area contributed by atoms with E-state index >= 15 is 0 Å². The third-order valence-corrected chi connectivity index (χ3v) is 2.44. The molecule has 0 saturated heterocycles. The highest BCUT2D eigenvalue weighted by Crippen LogP contribution is 2.22. The second kappa shape index (κ2) is 6.42. The van der Waals surface area contributed by atoms with Gasteiger partial charge in [-0.2, -0.15) is 0 Å². The van der Waals surface area contributed by atoms with Gasteiger partial charge in [0.05, 0.1) is 6.20 Å². The highest BCUT2D eigenvalue weighted by molar-refractivity contribution is 5.92. The Morgan fingerprint density at radius 2 is 2.10 bits per heavy atom. The number of carbonyl (C=O) groups is 2. The molecule has 2 rings (SSSR count). The molecule has 0 aliphatic heterocycles. The molecule has 2 heterocycles. The lowest BCUT2D eigenvalue weighted by Gasteiger charge is -2.06. The van der Waals surface area contributed by atoms with Crippen molar-refractivity contribution in [2.24, 2.45) is 0 Å². The number of carbonyl (C=O) groups excluding carboxylic acids is 1. The number of rotatable bonds is 5. The molecule has 2 aromatic heterocycles. The number of hydrogen-bond donors (Lipinski definition) is 2. The van der Waals surface area contributed by atoms with Crippen LogP contribution < -0.4 is 10.1 Å². The Balaban J connectivity index is 2.18. The van der Waals surface area contributed by atoms with Crippen molar-refractivity contribution < 1.29 is 19.4 Å². The summed E-state index contributed by atoms with van der Waals surface area (Å²) >= 11 is 0. The van der Waals surface area contributed by atoms with E-state index in [0.717, 1.165) is 0 Å². The predicted molar refractivity (Wildman–Crippen MR) is 71.3 cm³/mol. The van der Waals surface area contributed by atoms with Crippen molar-refractivity contribution in [2.45, 2.75) is 6.92 Å². The maximum Gasteiger partial charge on any atom is 0.339 e. The van der Waals surface area contributed by atoms with Gasteiger partial charge in [-0.25, -0.2) is 4.79 Å². The lowest BCUT2D eigenvalue weighted by molar-refractivity contribution is 0.0693. The quantitative estimate of drug-likeness (QED) is 0.846. The van der Waals surface area contributed by atoms with Gasteiger partial charge >= 0.3 is 5.97 Å². The van der Waals surface area contributed by atoms with Crippen LogP contribution in [0.4, 0.5) is 0 Å². The number of aromatic carboxylic acids is 1. The van der Waals surface area contributed by atoms with Crippen molar-refractivity contribution >= 4 is 11.9 Å². The Bertz CT molecular complexity index is 657. The maximum atomic E-state index is 11.5. The minimum Gasteiger partial charge on any atom is -0.478 e. The first-order valence-corrected chi connectivity index (χ1v) is 6.09. The Morgan fingerprint density at radius 1 is 1.29 bits per heavy atom. The summed E-state index contributed by atoms with van der Waals surface area (Å²) < 4.78 is 5.32. The van der Waals surface area contributed by atoms with Crippen LogP contribution in [-0.2, 0) is 0 Å². The van der Waals surface area contributed by atoms with E-state index in [-0.39, 0.29) is 28.8 Å². The molecule has 0 aromatic carbocycles. The van der Waals surface area contributed by atoms with Gasteiger partial charge in [0.1, 0.15) is 5.56 Å². The van der Waals surface area contributed by atoms with Gasteiger partial charge in [-0.05, 0) is 19.1 Å². The van der Waals surface area contributed by atoms with Crippen LogP contribution in [0, 0.1) is 0 Å². The van der Waals surface area contributed by atoms with Crippen LogP contribution in [0.5, 0.6) is 11.6 Å². The lowest BCUT2D eigenvalue weighted by Crippen LogP contribution is -2.23. The summed E-state index contributed by atoms with van der Waals surface area (Å²) in [6.45, 7) is 2.27. The van der Waals surface area contributed by atoms with Gasteiger partial charge < -0.3 is 15.2 Å². The van der Waals surface area contributed by atoms with Gasteiger partial charge in [-0.15, -0.1) is 10.2 Å². The molecule has 2 N–H and O–H groups in total. The topological polar surface area (TPSA) is 114 Å². The molecule has 0 unspecified atom stereocenters. The summed E-state index contributed by atoms with van der Waals surface area (Å²) in [7, 11) is 0. The number of aromatic nitrogens is 3. The molecular weight excluding hydrogens is 276 g/mol. The van der Waals surface area contributed by atoms with Crippen molar-refractivity contribution in [1.29, 1.82) is 0 Å². The molecule has 0 aliphatic rings. The first-order chi connectivity index (χ1) is 10.1. The number of nitrogens with one attached hydrogen (secondary N) is 1. The molecule has 0 aliphatic carbocycles. The number of ether oxygens (including phenoxy) is 1. The van der Waals surface area contributed by atoms with E-state index in [1.165, 1.54) is 30.6 Å². The number of carboxylic acid groups (broad SMARTS) is 1. The van der Waals surface area contributed by atoms with Crippen molar-refractivity contribution in [3.63, 3.8) is 0 Å². The van der Waals surface area contributed by atoms with Crippen LogP contribution in [0.3, 0.4) is 0 Å². The molecule has 0 bridgehead atoms. The molecule has 108 valence electrons. The van der Waals surface area contributed by atoms with E-state index in [0.29, 0.717) is 6.54 Å². The van der Waals surface area contributed by atoms with E-state index in [9.17, 15) is 9.59 Å². The molecule has 0 spiro atoms. The zero-order valence-corrected chi connectivity index (χ0v) is 11.1. The molecule has 0 saturated carbocycles. The first kappa shape index (κ1) is 14.4. The highest BCUT2D eigenvalue weighted by atomic mass is 16.5. The largest absolute Gasteiger partial charge is 0.478 e. The average Bonchev–Trinajstić information content (AvgIpc) is 2.48. The number of nitrogens with zero attached hydrogens (tertiary/aromatic N) is 3. The van der Waals surface area contributed by atoms with E-state index in [1.54, 1.807) is 6.92 Å². The van der Waals surface area contributed by atoms with Crippen LogP contribution in [0.25, 0.3) is 0 Å². The van der Waals surface area contributed by atoms with Gasteiger partial charge in [-0.3, -0.25) is 9.78 Å². The summed E-state index contributed by atoms with van der Waals surface area (Å²) in [5.74, 6) is -1.37. The zero-order valence-electron chi connectivity index (χ0n) is 11.1. The molecule has 8 nitrogen and oxygen atoms in total. The highest BCUT2D eigenvalue weighted by Gasteiger charge is 2.13. The number of amides is 1. The SMILES string of the molecule is CCNC(=O)c1ccc(Oc2cnccc2C(=O)O)nn1. The Labute approximate surface area is 119 Å². The summed E-state index contributed by atoms with van der Waals surface area (Å²) in [5.41, 5.74) is 0.105. The molecular formula is C13H12N4O4. The Morgan fingerprint density at radius 3 is 2.71 bits per heavy atom. The monoisotopic (exact) mass is 288 g/mol. The Hall–Kier alpha value is -3.03. The van der Waals surface area contributed by atoms with Crippen LogP contribution in [0.15, 0.2) is 30.6 Å². The number of carboxylic acids is 1. The van der Waals surface area contributed by atoms with E-state index in [2.05, 4.69) is 20.5 Å². The first-order valence-electron chi connectivity index (χ1n) is 6.09. The third kappa shape index (κ3) is 3.50. The molecule has 0 atom stereocenters. The predicted octanol–water partition coefficient (Wildman–Crippen LogP) is 1.11. The van der Waals surface area contributed by atoms with Crippen molar-refractivity contribution in [3.8, 4) is 11.6 Å². The van der Waals surface area contributed by atoms with Gasteiger partial charge in [-0.1, -0.05) is 0 Å². The fraction of sp³-hybridized carbons (Fsp3) is 0.154. The third-order valence-electron chi connectivity index (χ3n) is 2.44. The fourth-order valence-corrected chi connectivity index (χ4v) is 1.50. The summed E-state index contributed by atoms with van der Waals surface area (Å²) in [4.78, 5) is 26.3. The zero-order chi connectivity index (χ0) is 15.2. The normalized spacial score (nSPS) is 9.95. The Kier molecular flexibility index (Phi) is 4.39. The average molecular weight is 288 g/mol. The van der Waals surface area contributed by atoms with Crippen molar-refractivity contribution in [2.75, 3.05) is 6.54 Å². The van der Waals surface area contributed by atoms with Crippen molar-refractivity contribution in [1.82, 2.24) is 20.5 Å². The van der Waals surface area contributed by atoms with Crippen LogP contribution in [-0.4, -0.2) is 38.7 Å². The molecule has 0 radical (unpaired) electrons. The molecule has 1 amide bonds.